The molecule has 5 nitrogen and oxygen atoms in total. The second kappa shape index (κ2) is 17.1. The Morgan fingerprint density at radius 3 is 1.90 bits per heavy atom. The Morgan fingerprint density at radius 1 is 0.897 bits per heavy atom. The van der Waals surface area contributed by atoms with Gasteiger partial charge in [0.05, 0.1) is 18.8 Å². The number of unbranched alkanes of at least 4 members (excludes halogenated alkanes) is 12. The second-order valence-electron chi connectivity index (χ2n) is 8.81. The Labute approximate surface area is 179 Å². The number of aliphatic hydroxyl groups excluding tert-OH is 1. The summed E-state index contributed by atoms with van der Waals surface area (Å²) in [6.07, 6.45) is 17.3. The molecule has 0 aromatic carbocycles. The van der Waals surface area contributed by atoms with Crippen LogP contribution in [0.2, 0.25) is 0 Å². The summed E-state index contributed by atoms with van der Waals surface area (Å²) < 4.78 is 10.6. The average Bonchev–Trinajstić information content (AvgIpc) is 3.00. The molecule has 0 heterocycles. The lowest BCUT2D eigenvalue weighted by Crippen LogP contribution is -2.44. The van der Waals surface area contributed by atoms with E-state index in [0.717, 1.165) is 12.8 Å². The van der Waals surface area contributed by atoms with E-state index in [1.807, 2.05) is 0 Å². The molecule has 0 saturated heterocycles. The first-order valence-electron chi connectivity index (χ1n) is 12.1. The van der Waals surface area contributed by atoms with E-state index < -0.39 is 6.10 Å². The van der Waals surface area contributed by atoms with Crippen LogP contribution in [0.25, 0.3) is 0 Å². The normalized spacial score (nSPS) is 24.1. The molecule has 0 bridgehead atoms. The van der Waals surface area contributed by atoms with E-state index in [4.69, 9.17) is 9.47 Å². The van der Waals surface area contributed by atoms with Gasteiger partial charge in [-0.15, -0.1) is 0 Å². The van der Waals surface area contributed by atoms with Gasteiger partial charge in [0.25, 0.3) is 0 Å². The summed E-state index contributed by atoms with van der Waals surface area (Å²) in [5.74, 6) is 0.0944. The minimum atomic E-state index is -0.582. The van der Waals surface area contributed by atoms with E-state index in [0.29, 0.717) is 19.4 Å². The molecule has 0 aromatic rings. The third-order valence-electron chi connectivity index (χ3n) is 6.28. The summed E-state index contributed by atoms with van der Waals surface area (Å²) in [7, 11) is 3.23. The summed E-state index contributed by atoms with van der Waals surface area (Å²) in [5.41, 5.74) is 0. The zero-order valence-electron chi connectivity index (χ0n) is 19.3. The Hall–Kier alpha value is -0.650. The lowest BCUT2D eigenvalue weighted by atomic mass is 10.0. The predicted molar refractivity (Wildman–Crippen MR) is 119 cm³/mol. The van der Waals surface area contributed by atoms with Gasteiger partial charge in [0, 0.05) is 26.6 Å². The number of ether oxygens (including phenoxy) is 2. The van der Waals surface area contributed by atoms with E-state index in [1.165, 1.54) is 70.6 Å². The first-order valence-corrected chi connectivity index (χ1v) is 12.1. The Kier molecular flexibility index (Phi) is 15.5. The van der Waals surface area contributed by atoms with E-state index >= 15 is 0 Å². The van der Waals surface area contributed by atoms with E-state index in [2.05, 4.69) is 12.2 Å². The topological polar surface area (TPSA) is 67.8 Å². The standard InChI is InChI=1S/C24H47NO4/c1-4-5-6-7-8-9-10-11-12-13-14-15-16-17-22(26)25-21-18-20(19-28-2)23(27)24(21)29-3/h20-21,23-24,27H,4-19H2,1-3H3,(H,25,26)/t20-,21-,23?,24-/m1/s1. The molecule has 172 valence electrons. The van der Waals surface area contributed by atoms with Crippen molar-refractivity contribution >= 4 is 5.91 Å². The molecular formula is C24H47NO4. The van der Waals surface area contributed by atoms with Crippen LogP contribution in [0.1, 0.15) is 103 Å². The number of aliphatic hydroxyl groups is 1. The fourth-order valence-corrected chi connectivity index (χ4v) is 4.51. The molecule has 5 heteroatoms. The highest BCUT2D eigenvalue weighted by Gasteiger charge is 2.43. The number of amides is 1. The highest BCUT2D eigenvalue weighted by atomic mass is 16.5. The number of methoxy groups -OCH3 is 2. The van der Waals surface area contributed by atoms with Crippen molar-refractivity contribution in [3.05, 3.63) is 0 Å². The number of carbonyl (C=O) groups excluding carboxylic acids is 1. The highest BCUT2D eigenvalue weighted by molar-refractivity contribution is 5.76. The summed E-state index contributed by atoms with van der Waals surface area (Å²) in [6.45, 7) is 2.76. The van der Waals surface area contributed by atoms with Crippen LogP contribution in [0.4, 0.5) is 0 Å². The third-order valence-corrected chi connectivity index (χ3v) is 6.28. The average molecular weight is 414 g/mol. The molecular weight excluding hydrogens is 366 g/mol. The molecule has 0 radical (unpaired) electrons. The van der Waals surface area contributed by atoms with Crippen molar-refractivity contribution in [2.45, 2.75) is 121 Å². The Morgan fingerprint density at radius 2 is 1.41 bits per heavy atom. The van der Waals surface area contributed by atoms with Crippen LogP contribution in [0.3, 0.4) is 0 Å². The van der Waals surface area contributed by atoms with Crippen molar-refractivity contribution < 1.29 is 19.4 Å². The zero-order chi connectivity index (χ0) is 21.3. The fraction of sp³-hybridized carbons (Fsp3) is 0.958. The van der Waals surface area contributed by atoms with Crippen LogP contribution in [0, 0.1) is 5.92 Å². The van der Waals surface area contributed by atoms with Gasteiger partial charge >= 0.3 is 0 Å². The van der Waals surface area contributed by atoms with Gasteiger partial charge < -0.3 is 19.9 Å². The maximum Gasteiger partial charge on any atom is 0.220 e. The smallest absolute Gasteiger partial charge is 0.220 e. The predicted octanol–water partition coefficient (Wildman–Crippen LogP) is 4.99. The Bertz CT molecular complexity index is 404. The van der Waals surface area contributed by atoms with Gasteiger partial charge in [0.2, 0.25) is 5.91 Å². The first-order chi connectivity index (χ1) is 14.1. The van der Waals surface area contributed by atoms with Gasteiger partial charge in [-0.25, -0.2) is 0 Å². The summed E-state index contributed by atoms with van der Waals surface area (Å²) in [6, 6.07) is -0.121. The van der Waals surface area contributed by atoms with Crippen LogP contribution in [0.15, 0.2) is 0 Å². The van der Waals surface area contributed by atoms with Crippen LogP contribution >= 0.6 is 0 Å². The van der Waals surface area contributed by atoms with Crippen molar-refractivity contribution in [3.8, 4) is 0 Å². The summed E-state index contributed by atoms with van der Waals surface area (Å²) in [5, 5.41) is 13.4. The molecule has 1 amide bonds. The van der Waals surface area contributed by atoms with Gasteiger partial charge in [0.1, 0.15) is 6.10 Å². The molecule has 0 aliphatic heterocycles. The van der Waals surface area contributed by atoms with E-state index in [1.54, 1.807) is 14.2 Å². The molecule has 1 unspecified atom stereocenters. The van der Waals surface area contributed by atoms with Crippen molar-refractivity contribution in [1.82, 2.24) is 5.32 Å². The van der Waals surface area contributed by atoms with Crippen molar-refractivity contribution in [2.75, 3.05) is 20.8 Å². The second-order valence-corrected chi connectivity index (χ2v) is 8.81. The molecule has 1 aliphatic carbocycles. The van der Waals surface area contributed by atoms with Crippen LogP contribution < -0.4 is 5.32 Å². The zero-order valence-corrected chi connectivity index (χ0v) is 19.3. The quantitative estimate of drug-likeness (QED) is 0.311. The molecule has 0 spiro atoms. The maximum absolute atomic E-state index is 12.3. The molecule has 1 fully saturated rings. The minimum Gasteiger partial charge on any atom is -0.390 e. The molecule has 0 aromatic heterocycles. The molecule has 1 saturated carbocycles. The molecule has 2 N–H and O–H groups in total. The van der Waals surface area contributed by atoms with Gasteiger partial charge in [-0.05, 0) is 12.8 Å². The van der Waals surface area contributed by atoms with Crippen molar-refractivity contribution in [2.24, 2.45) is 5.92 Å². The lowest BCUT2D eigenvalue weighted by molar-refractivity contribution is -0.123. The van der Waals surface area contributed by atoms with E-state index in [-0.39, 0.29) is 24.0 Å². The van der Waals surface area contributed by atoms with Gasteiger partial charge in [-0.1, -0.05) is 84.0 Å². The number of hydrogen-bond acceptors (Lipinski definition) is 4. The summed E-state index contributed by atoms with van der Waals surface area (Å²) in [4.78, 5) is 12.3. The van der Waals surface area contributed by atoms with Crippen LogP contribution in [-0.2, 0) is 14.3 Å². The molecule has 1 rings (SSSR count). The van der Waals surface area contributed by atoms with E-state index in [9.17, 15) is 9.90 Å². The first kappa shape index (κ1) is 26.4. The van der Waals surface area contributed by atoms with Gasteiger partial charge in [-0.3, -0.25) is 4.79 Å². The molecule has 4 atom stereocenters. The fourth-order valence-electron chi connectivity index (χ4n) is 4.51. The number of rotatable bonds is 18. The minimum absolute atomic E-state index is 0.0200. The van der Waals surface area contributed by atoms with Crippen LogP contribution in [0.5, 0.6) is 0 Å². The largest absolute Gasteiger partial charge is 0.390 e. The van der Waals surface area contributed by atoms with Crippen molar-refractivity contribution in [3.63, 3.8) is 0 Å². The maximum atomic E-state index is 12.3. The van der Waals surface area contributed by atoms with Gasteiger partial charge in [-0.2, -0.15) is 0 Å². The Balaban J connectivity index is 1.99. The number of hydrogen-bond donors (Lipinski definition) is 2. The monoisotopic (exact) mass is 413 g/mol. The lowest BCUT2D eigenvalue weighted by Gasteiger charge is -2.22. The number of carbonyl (C=O) groups is 1. The molecule has 29 heavy (non-hydrogen) atoms. The van der Waals surface area contributed by atoms with Crippen LogP contribution in [-0.4, -0.2) is 50.1 Å². The third kappa shape index (κ3) is 11.4. The summed E-state index contributed by atoms with van der Waals surface area (Å²) >= 11 is 0. The number of nitrogens with one attached hydrogen (secondary N) is 1. The molecule has 1 aliphatic rings. The SMILES string of the molecule is CCCCCCCCCCCCCCCC(=O)N[C@@H]1C[C@H](COC)C(O)[C@@H]1OC. The highest BCUT2D eigenvalue weighted by Crippen LogP contribution is 2.29. The van der Waals surface area contributed by atoms with Crippen molar-refractivity contribution in [1.29, 1.82) is 0 Å². The van der Waals surface area contributed by atoms with Gasteiger partial charge in [0.15, 0.2) is 0 Å².